The molecule has 0 radical (unpaired) electrons. The number of anilines is 1. The minimum Gasteiger partial charge on any atom is -0.455 e. The second-order valence-electron chi connectivity index (χ2n) is 6.95. The van der Waals surface area contributed by atoms with E-state index in [0.717, 1.165) is 10.6 Å². The topological polar surface area (TPSA) is 135 Å². The Kier molecular flexibility index (Phi) is 7.14. The van der Waals surface area contributed by atoms with Crippen LogP contribution in [0.1, 0.15) is 11.3 Å². The Morgan fingerprint density at radius 3 is 2.55 bits per heavy atom. The van der Waals surface area contributed by atoms with Crippen LogP contribution in [0.15, 0.2) is 64.1 Å². The SMILES string of the molecule is Cc1c(Cl)cccc1N(CC(=O)N/N=C\c1ccc(-c2ccc([N+](=O)[O-])cc2)o1)S(C)(=O)=O. The van der Waals surface area contributed by atoms with Crippen LogP contribution in [0, 0.1) is 17.0 Å². The molecule has 0 aliphatic rings. The summed E-state index contributed by atoms with van der Waals surface area (Å²) < 4.78 is 31.0. The van der Waals surface area contributed by atoms with E-state index in [1.807, 2.05) is 0 Å². The molecule has 0 saturated carbocycles. The van der Waals surface area contributed by atoms with Crippen LogP contribution in [-0.4, -0.2) is 38.3 Å². The molecule has 1 amide bonds. The highest BCUT2D eigenvalue weighted by Crippen LogP contribution is 2.28. The third-order valence-electron chi connectivity index (χ3n) is 4.57. The van der Waals surface area contributed by atoms with Crippen LogP contribution in [-0.2, 0) is 14.8 Å². The molecule has 0 bridgehead atoms. The third kappa shape index (κ3) is 5.96. The lowest BCUT2D eigenvalue weighted by Crippen LogP contribution is -2.39. The molecular formula is C21H19ClN4O6S. The summed E-state index contributed by atoms with van der Waals surface area (Å²) in [5, 5.41) is 14.9. The first kappa shape index (κ1) is 24.0. The molecule has 3 rings (SSSR count). The van der Waals surface area contributed by atoms with Gasteiger partial charge in [-0.2, -0.15) is 5.10 Å². The van der Waals surface area contributed by atoms with Gasteiger partial charge in [0.15, 0.2) is 0 Å². The zero-order valence-corrected chi connectivity index (χ0v) is 19.1. The maximum Gasteiger partial charge on any atom is 0.269 e. The van der Waals surface area contributed by atoms with E-state index in [1.54, 1.807) is 49.4 Å². The summed E-state index contributed by atoms with van der Waals surface area (Å²) in [5.41, 5.74) is 3.67. The smallest absolute Gasteiger partial charge is 0.269 e. The summed E-state index contributed by atoms with van der Waals surface area (Å²) in [4.78, 5) is 22.6. The molecule has 1 N–H and O–H groups in total. The average molecular weight is 491 g/mol. The largest absolute Gasteiger partial charge is 0.455 e. The minimum atomic E-state index is -3.76. The number of hydrogen-bond donors (Lipinski definition) is 1. The van der Waals surface area contributed by atoms with Crippen molar-refractivity contribution in [3.8, 4) is 11.3 Å². The van der Waals surface area contributed by atoms with Gasteiger partial charge in [0.2, 0.25) is 10.0 Å². The fourth-order valence-corrected chi connectivity index (χ4v) is 3.98. The van der Waals surface area contributed by atoms with Crippen LogP contribution in [0.4, 0.5) is 11.4 Å². The van der Waals surface area contributed by atoms with Crippen LogP contribution >= 0.6 is 11.6 Å². The molecule has 0 aliphatic carbocycles. The van der Waals surface area contributed by atoms with Gasteiger partial charge in [-0.25, -0.2) is 13.8 Å². The van der Waals surface area contributed by atoms with Crippen molar-refractivity contribution in [3.63, 3.8) is 0 Å². The summed E-state index contributed by atoms with van der Waals surface area (Å²) in [6, 6.07) is 13.9. The van der Waals surface area contributed by atoms with E-state index in [9.17, 15) is 23.3 Å². The van der Waals surface area contributed by atoms with E-state index in [4.69, 9.17) is 16.0 Å². The fourth-order valence-electron chi connectivity index (χ4n) is 2.91. The van der Waals surface area contributed by atoms with Crippen molar-refractivity contribution in [1.29, 1.82) is 0 Å². The van der Waals surface area contributed by atoms with Crippen molar-refractivity contribution >= 4 is 45.1 Å². The number of sulfonamides is 1. The van der Waals surface area contributed by atoms with E-state index in [-0.39, 0.29) is 5.69 Å². The lowest BCUT2D eigenvalue weighted by molar-refractivity contribution is -0.384. The van der Waals surface area contributed by atoms with Crippen LogP contribution < -0.4 is 9.73 Å². The van der Waals surface area contributed by atoms with Crippen molar-refractivity contribution in [3.05, 3.63) is 81.1 Å². The van der Waals surface area contributed by atoms with Crippen LogP contribution in [0.5, 0.6) is 0 Å². The normalized spacial score (nSPS) is 11.5. The summed E-state index contributed by atoms with van der Waals surface area (Å²) in [7, 11) is -3.76. The Morgan fingerprint density at radius 2 is 1.91 bits per heavy atom. The van der Waals surface area contributed by atoms with Gasteiger partial charge in [-0.15, -0.1) is 0 Å². The molecule has 172 valence electrons. The molecule has 10 nitrogen and oxygen atoms in total. The number of furan rings is 1. The van der Waals surface area contributed by atoms with E-state index in [1.165, 1.54) is 18.3 Å². The van der Waals surface area contributed by atoms with Gasteiger partial charge in [0.1, 0.15) is 18.1 Å². The molecule has 0 aliphatic heterocycles. The molecule has 0 spiro atoms. The number of rotatable bonds is 8. The van der Waals surface area contributed by atoms with Crippen molar-refractivity contribution in [2.24, 2.45) is 5.10 Å². The van der Waals surface area contributed by atoms with Crippen molar-refractivity contribution in [1.82, 2.24) is 5.43 Å². The van der Waals surface area contributed by atoms with E-state index in [2.05, 4.69) is 10.5 Å². The van der Waals surface area contributed by atoms with Gasteiger partial charge >= 0.3 is 0 Å². The Labute approximate surface area is 194 Å². The van der Waals surface area contributed by atoms with Gasteiger partial charge in [-0.05, 0) is 48.9 Å². The number of halogens is 1. The maximum atomic E-state index is 12.3. The fraction of sp³-hybridized carbons (Fsp3) is 0.143. The number of non-ortho nitro benzene ring substituents is 1. The summed E-state index contributed by atoms with van der Waals surface area (Å²) in [5.74, 6) is 0.102. The van der Waals surface area contributed by atoms with Crippen molar-refractivity contribution in [2.75, 3.05) is 17.1 Å². The lowest BCUT2D eigenvalue weighted by Gasteiger charge is -2.23. The van der Waals surface area contributed by atoms with Crippen LogP contribution in [0.2, 0.25) is 5.02 Å². The molecule has 33 heavy (non-hydrogen) atoms. The van der Waals surface area contributed by atoms with Gasteiger partial charge in [-0.1, -0.05) is 17.7 Å². The number of hydrogen-bond acceptors (Lipinski definition) is 7. The van der Waals surface area contributed by atoms with Gasteiger partial charge in [0.05, 0.1) is 23.1 Å². The highest BCUT2D eigenvalue weighted by Gasteiger charge is 2.23. The first-order chi connectivity index (χ1) is 15.6. The number of carbonyl (C=O) groups is 1. The average Bonchev–Trinajstić information content (AvgIpc) is 3.22. The molecule has 2 aromatic carbocycles. The van der Waals surface area contributed by atoms with E-state index >= 15 is 0 Å². The number of amides is 1. The zero-order valence-electron chi connectivity index (χ0n) is 17.6. The predicted molar refractivity (Wildman–Crippen MR) is 125 cm³/mol. The van der Waals surface area contributed by atoms with Crippen LogP contribution in [0.3, 0.4) is 0 Å². The number of nitro benzene ring substituents is 1. The summed E-state index contributed by atoms with van der Waals surface area (Å²) >= 11 is 6.08. The van der Waals surface area contributed by atoms with E-state index in [0.29, 0.717) is 33.4 Å². The first-order valence-corrected chi connectivity index (χ1v) is 11.7. The minimum absolute atomic E-state index is 0.0362. The Morgan fingerprint density at radius 1 is 1.21 bits per heavy atom. The van der Waals surface area contributed by atoms with E-state index < -0.39 is 27.4 Å². The zero-order chi connectivity index (χ0) is 24.2. The lowest BCUT2D eigenvalue weighted by atomic mass is 10.1. The van der Waals surface area contributed by atoms with Crippen molar-refractivity contribution < 1.29 is 22.6 Å². The summed E-state index contributed by atoms with van der Waals surface area (Å²) in [6.45, 7) is 1.16. The van der Waals surface area contributed by atoms with Gasteiger partial charge < -0.3 is 4.42 Å². The second kappa shape index (κ2) is 9.84. The second-order valence-corrected chi connectivity index (χ2v) is 9.27. The standard InChI is InChI=1S/C21H19ClN4O6S/c1-14-18(22)4-3-5-19(14)25(33(2,30)31)13-21(27)24-23-12-17-10-11-20(32-17)15-6-8-16(9-7-15)26(28)29/h3-12H,13H2,1-2H3,(H,24,27)/b23-12-. The van der Waals surface area contributed by atoms with Gasteiger partial charge in [0, 0.05) is 22.7 Å². The van der Waals surface area contributed by atoms with Gasteiger partial charge in [-0.3, -0.25) is 19.2 Å². The Bertz CT molecular complexity index is 1320. The molecule has 0 unspecified atom stereocenters. The number of nitrogens with zero attached hydrogens (tertiary/aromatic N) is 3. The third-order valence-corrected chi connectivity index (χ3v) is 6.10. The predicted octanol–water partition coefficient (Wildman–Crippen LogP) is 3.73. The molecule has 12 heteroatoms. The number of hydrazone groups is 1. The first-order valence-electron chi connectivity index (χ1n) is 9.45. The highest BCUT2D eigenvalue weighted by atomic mass is 35.5. The number of carbonyl (C=O) groups excluding carboxylic acids is 1. The Hall–Kier alpha value is -3.70. The number of nitro groups is 1. The molecule has 3 aromatic rings. The number of nitrogens with one attached hydrogen (secondary N) is 1. The summed E-state index contributed by atoms with van der Waals surface area (Å²) in [6.07, 6.45) is 2.24. The molecule has 1 aromatic heterocycles. The molecule has 0 saturated heterocycles. The van der Waals surface area contributed by atoms with Crippen molar-refractivity contribution in [2.45, 2.75) is 6.92 Å². The maximum absolute atomic E-state index is 12.3. The highest BCUT2D eigenvalue weighted by molar-refractivity contribution is 7.92. The Balaban J connectivity index is 1.67. The molecular weight excluding hydrogens is 472 g/mol. The quantitative estimate of drug-likeness (QED) is 0.290. The molecule has 0 fully saturated rings. The molecule has 0 atom stereocenters. The van der Waals surface area contributed by atoms with Crippen LogP contribution in [0.25, 0.3) is 11.3 Å². The molecule has 1 heterocycles. The van der Waals surface area contributed by atoms with Gasteiger partial charge in [0.25, 0.3) is 11.6 Å². The monoisotopic (exact) mass is 490 g/mol. The number of benzene rings is 2.